The van der Waals surface area contributed by atoms with Crippen molar-refractivity contribution >= 4 is 0 Å². The lowest BCUT2D eigenvalue weighted by atomic mass is 10.2. The third kappa shape index (κ3) is 5.04. The fraction of sp³-hybridized carbons (Fsp3) is 0.455. The summed E-state index contributed by atoms with van der Waals surface area (Å²) in [4.78, 5) is 0. The summed E-state index contributed by atoms with van der Waals surface area (Å²) in [5.74, 6) is -1.62. The van der Waals surface area contributed by atoms with Crippen LogP contribution < -0.4 is 10.1 Å². The Labute approximate surface area is 99.4 Å². The largest absolute Gasteiger partial charge is 0.573 e. The zero-order valence-corrected chi connectivity index (χ0v) is 9.23. The second-order valence-electron chi connectivity index (χ2n) is 3.61. The summed E-state index contributed by atoms with van der Waals surface area (Å²) >= 11 is 0. The van der Waals surface area contributed by atoms with Gasteiger partial charge in [-0.15, -0.1) is 13.2 Å². The molecule has 0 saturated heterocycles. The van der Waals surface area contributed by atoms with Crippen LogP contribution in [0.4, 0.5) is 17.6 Å². The maximum absolute atomic E-state index is 13.5. The molecule has 1 rings (SSSR count). The van der Waals surface area contributed by atoms with Crippen LogP contribution in [0.5, 0.6) is 5.75 Å². The van der Waals surface area contributed by atoms with Gasteiger partial charge in [-0.25, -0.2) is 4.39 Å². The molecule has 0 aromatic heterocycles. The molecule has 6 heteroatoms. The maximum atomic E-state index is 13.5. The van der Waals surface area contributed by atoms with E-state index in [4.69, 9.17) is 2.74 Å². The number of hydrogen-bond donors (Lipinski definition) is 1. The molecule has 1 aromatic carbocycles. The van der Waals surface area contributed by atoms with Crippen molar-refractivity contribution in [3.05, 3.63) is 29.6 Å². The third-order valence-corrected chi connectivity index (χ3v) is 1.67. The fourth-order valence-corrected chi connectivity index (χ4v) is 1.02. The molecule has 0 aliphatic carbocycles. The molecule has 0 aliphatic heterocycles. The molecule has 0 aliphatic rings. The van der Waals surface area contributed by atoms with Gasteiger partial charge in [0.2, 0.25) is 0 Å². The second kappa shape index (κ2) is 5.35. The van der Waals surface area contributed by atoms with Gasteiger partial charge in [0.25, 0.3) is 0 Å². The first kappa shape index (κ1) is 10.8. The van der Waals surface area contributed by atoms with Crippen molar-refractivity contribution in [1.82, 2.24) is 5.32 Å². The first-order valence-corrected chi connectivity index (χ1v) is 4.85. The third-order valence-electron chi connectivity index (χ3n) is 1.67. The SMILES string of the molecule is [2H]C([2H])(NC(C)C)c1cc(OC(F)(F)F)ccc1F. The molecule has 0 heterocycles. The Morgan fingerprint density at radius 2 is 2.06 bits per heavy atom. The average molecular weight is 253 g/mol. The number of nitrogens with one attached hydrogen (secondary N) is 1. The summed E-state index contributed by atoms with van der Waals surface area (Å²) in [5.41, 5.74) is -0.539. The van der Waals surface area contributed by atoms with Crippen molar-refractivity contribution in [2.45, 2.75) is 32.7 Å². The van der Waals surface area contributed by atoms with Crippen LogP contribution in [0.15, 0.2) is 18.2 Å². The topological polar surface area (TPSA) is 21.3 Å². The normalized spacial score (nSPS) is 14.5. The minimum atomic E-state index is -4.91. The van der Waals surface area contributed by atoms with E-state index in [1.54, 1.807) is 13.8 Å². The molecule has 0 saturated carbocycles. The number of alkyl halides is 3. The number of halogens is 4. The van der Waals surface area contributed by atoms with Gasteiger partial charge in [-0.3, -0.25) is 0 Å². The second-order valence-corrected chi connectivity index (χ2v) is 3.61. The highest BCUT2D eigenvalue weighted by molar-refractivity contribution is 5.30. The number of rotatable bonds is 4. The van der Waals surface area contributed by atoms with Crippen LogP contribution in [-0.4, -0.2) is 12.4 Å². The summed E-state index contributed by atoms with van der Waals surface area (Å²) in [5, 5.41) is 2.42. The Balaban J connectivity index is 3.10. The average Bonchev–Trinajstić information content (AvgIpc) is 2.16. The van der Waals surface area contributed by atoms with Gasteiger partial charge < -0.3 is 10.1 Å². The molecule has 17 heavy (non-hydrogen) atoms. The van der Waals surface area contributed by atoms with Crippen molar-refractivity contribution in [3.63, 3.8) is 0 Å². The van der Waals surface area contributed by atoms with Crippen molar-refractivity contribution in [1.29, 1.82) is 0 Å². The van der Waals surface area contributed by atoms with Crippen molar-refractivity contribution in [3.8, 4) is 5.75 Å². The standard InChI is InChI=1S/C11H13F4NO/c1-7(2)16-6-8-5-9(3-4-10(8)12)17-11(13,14)15/h3-5,7,16H,6H2,1-2H3/i6D2. The van der Waals surface area contributed by atoms with Crippen LogP contribution in [0.2, 0.25) is 0 Å². The van der Waals surface area contributed by atoms with Gasteiger partial charge in [0.15, 0.2) is 0 Å². The summed E-state index contributed by atoms with van der Waals surface area (Å²) in [6.45, 7) is 0.959. The molecule has 1 aromatic rings. The number of hydrogen-bond acceptors (Lipinski definition) is 2. The van der Waals surface area contributed by atoms with Gasteiger partial charge >= 0.3 is 6.36 Å². The van der Waals surface area contributed by atoms with E-state index in [1.807, 2.05) is 0 Å². The van der Waals surface area contributed by atoms with E-state index in [0.717, 1.165) is 12.1 Å². The van der Waals surface area contributed by atoms with E-state index in [0.29, 0.717) is 6.07 Å². The molecule has 0 spiro atoms. The molecule has 0 unspecified atom stereocenters. The molecule has 0 amide bonds. The van der Waals surface area contributed by atoms with E-state index in [-0.39, 0.29) is 6.04 Å². The molecule has 0 radical (unpaired) electrons. The smallest absolute Gasteiger partial charge is 0.406 e. The highest BCUT2D eigenvalue weighted by atomic mass is 19.4. The lowest BCUT2D eigenvalue weighted by molar-refractivity contribution is -0.274. The predicted octanol–water partition coefficient (Wildman–Crippen LogP) is 3.22. The lowest BCUT2D eigenvalue weighted by Crippen LogP contribution is -2.22. The van der Waals surface area contributed by atoms with Crippen LogP contribution in [0, 0.1) is 5.82 Å². The molecule has 96 valence electrons. The first-order chi connectivity index (χ1) is 8.51. The van der Waals surface area contributed by atoms with Crippen molar-refractivity contribution < 1.29 is 25.0 Å². The zero-order chi connectivity index (χ0) is 14.8. The van der Waals surface area contributed by atoms with Gasteiger partial charge in [-0.2, -0.15) is 0 Å². The highest BCUT2D eigenvalue weighted by Crippen LogP contribution is 2.24. The van der Waals surface area contributed by atoms with Crippen LogP contribution in [0.3, 0.4) is 0 Å². The Hall–Kier alpha value is -1.30. The van der Waals surface area contributed by atoms with Crippen LogP contribution in [0.1, 0.15) is 22.2 Å². The number of ether oxygens (including phenoxy) is 1. The van der Waals surface area contributed by atoms with E-state index in [2.05, 4.69) is 10.1 Å². The maximum Gasteiger partial charge on any atom is 0.573 e. The van der Waals surface area contributed by atoms with Gasteiger partial charge in [0, 0.05) is 20.8 Å². The molecule has 0 bridgehead atoms. The van der Waals surface area contributed by atoms with Crippen LogP contribution >= 0.6 is 0 Å². The summed E-state index contributed by atoms with van der Waals surface area (Å²) in [7, 11) is 0. The summed E-state index contributed by atoms with van der Waals surface area (Å²) in [6, 6.07) is 1.90. The first-order valence-electron chi connectivity index (χ1n) is 5.85. The van der Waals surface area contributed by atoms with Gasteiger partial charge in [0.1, 0.15) is 11.6 Å². The Morgan fingerprint density at radius 1 is 1.41 bits per heavy atom. The monoisotopic (exact) mass is 253 g/mol. The highest BCUT2D eigenvalue weighted by Gasteiger charge is 2.31. The van der Waals surface area contributed by atoms with E-state index < -0.39 is 30.0 Å². The van der Waals surface area contributed by atoms with Crippen LogP contribution in [0.25, 0.3) is 0 Å². The Bertz CT molecular complexity index is 449. The van der Waals surface area contributed by atoms with Gasteiger partial charge in [-0.05, 0) is 18.2 Å². The minimum absolute atomic E-state index is 0.318. The molecule has 2 nitrogen and oxygen atoms in total. The minimum Gasteiger partial charge on any atom is -0.406 e. The summed E-state index contributed by atoms with van der Waals surface area (Å²) in [6.07, 6.45) is -4.91. The van der Waals surface area contributed by atoms with E-state index in [1.165, 1.54) is 0 Å². The van der Waals surface area contributed by atoms with Crippen molar-refractivity contribution in [2.24, 2.45) is 0 Å². The molecule has 0 fully saturated rings. The molecular weight excluding hydrogens is 238 g/mol. The Morgan fingerprint density at radius 3 is 2.59 bits per heavy atom. The fourth-order valence-electron chi connectivity index (χ4n) is 1.02. The summed E-state index contributed by atoms with van der Waals surface area (Å²) < 4.78 is 68.6. The van der Waals surface area contributed by atoms with E-state index in [9.17, 15) is 17.6 Å². The lowest BCUT2D eigenvalue weighted by Gasteiger charge is -2.12. The number of benzene rings is 1. The Kier molecular flexibility index (Phi) is 3.41. The van der Waals surface area contributed by atoms with E-state index >= 15 is 0 Å². The van der Waals surface area contributed by atoms with Crippen LogP contribution in [-0.2, 0) is 6.50 Å². The molecule has 1 N–H and O–H groups in total. The van der Waals surface area contributed by atoms with Gasteiger partial charge in [0.05, 0.1) is 0 Å². The zero-order valence-electron chi connectivity index (χ0n) is 11.2. The van der Waals surface area contributed by atoms with Crippen molar-refractivity contribution in [2.75, 3.05) is 0 Å². The van der Waals surface area contributed by atoms with Gasteiger partial charge in [-0.1, -0.05) is 13.8 Å². The predicted molar refractivity (Wildman–Crippen MR) is 55.1 cm³/mol. The molecule has 0 atom stereocenters. The quantitative estimate of drug-likeness (QED) is 0.832. The molecular formula is C11H13F4NO.